The monoisotopic (exact) mass is 390 g/mol. The first-order chi connectivity index (χ1) is 10.1. The number of hydrogen-bond acceptors (Lipinski definition) is 3. The molecule has 1 fully saturated rings. The van der Waals surface area contributed by atoms with Gasteiger partial charge in [0.05, 0.1) is 13.0 Å². The molecule has 0 spiro atoms. The number of carbonyl (C=O) groups excluding carboxylic acids is 1. The van der Waals surface area contributed by atoms with Crippen LogP contribution in [0.5, 0.6) is 0 Å². The van der Waals surface area contributed by atoms with Crippen LogP contribution in [0.15, 0.2) is 28.7 Å². The minimum Gasteiger partial charge on any atom is -0.384 e. The number of rotatable bonds is 6. The lowest BCUT2D eigenvalue weighted by atomic mass is 9.79. The maximum absolute atomic E-state index is 12.1. The van der Waals surface area contributed by atoms with E-state index in [0.29, 0.717) is 19.6 Å². The maximum Gasteiger partial charge on any atom is 0.224 e. The van der Waals surface area contributed by atoms with Gasteiger partial charge in [0.2, 0.25) is 5.91 Å². The molecule has 1 aromatic rings. The third kappa shape index (κ3) is 5.88. The number of halogens is 2. The molecule has 22 heavy (non-hydrogen) atoms. The number of nitrogens with one attached hydrogen (secondary N) is 2. The quantitative estimate of drug-likeness (QED) is 0.783. The summed E-state index contributed by atoms with van der Waals surface area (Å²) in [4.78, 5) is 12.1. The number of amides is 1. The van der Waals surface area contributed by atoms with Gasteiger partial charge in [0.25, 0.3) is 0 Å². The van der Waals surface area contributed by atoms with Crippen molar-refractivity contribution in [3.63, 3.8) is 0 Å². The molecule has 1 heterocycles. The molecule has 2 rings (SSSR count). The van der Waals surface area contributed by atoms with Crippen LogP contribution in [-0.4, -0.2) is 39.3 Å². The molecule has 0 unspecified atom stereocenters. The van der Waals surface area contributed by atoms with Crippen LogP contribution in [0.2, 0.25) is 0 Å². The van der Waals surface area contributed by atoms with Crippen molar-refractivity contribution in [2.75, 3.05) is 33.4 Å². The fourth-order valence-corrected chi connectivity index (χ4v) is 3.04. The molecule has 1 amide bonds. The highest BCUT2D eigenvalue weighted by atomic mass is 79.9. The Morgan fingerprint density at radius 1 is 1.32 bits per heavy atom. The Hall–Kier alpha value is -0.620. The third-order valence-electron chi connectivity index (χ3n) is 4.05. The molecule has 6 heteroatoms. The second-order valence-corrected chi connectivity index (χ2v) is 6.68. The topological polar surface area (TPSA) is 50.4 Å². The van der Waals surface area contributed by atoms with Crippen LogP contribution in [0.3, 0.4) is 0 Å². The van der Waals surface area contributed by atoms with E-state index < -0.39 is 0 Å². The van der Waals surface area contributed by atoms with Gasteiger partial charge in [0.1, 0.15) is 0 Å². The summed E-state index contributed by atoms with van der Waals surface area (Å²) in [5.74, 6) is 0.0753. The van der Waals surface area contributed by atoms with Crippen LogP contribution in [0.4, 0.5) is 0 Å². The molecule has 0 bridgehead atoms. The van der Waals surface area contributed by atoms with Crippen LogP contribution in [0.25, 0.3) is 0 Å². The minimum atomic E-state index is 0. The Bertz CT molecular complexity index is 456. The van der Waals surface area contributed by atoms with E-state index in [4.69, 9.17) is 4.74 Å². The van der Waals surface area contributed by atoms with Crippen molar-refractivity contribution in [3.8, 4) is 0 Å². The molecule has 1 aliphatic rings. The highest BCUT2D eigenvalue weighted by Gasteiger charge is 2.32. The van der Waals surface area contributed by atoms with E-state index in [2.05, 4.69) is 26.6 Å². The molecule has 1 aliphatic heterocycles. The molecule has 4 nitrogen and oxygen atoms in total. The molecule has 0 aromatic heterocycles. The van der Waals surface area contributed by atoms with Gasteiger partial charge < -0.3 is 15.4 Å². The van der Waals surface area contributed by atoms with Crippen molar-refractivity contribution < 1.29 is 9.53 Å². The largest absolute Gasteiger partial charge is 0.384 e. The maximum atomic E-state index is 12.1. The number of benzene rings is 1. The Labute approximate surface area is 146 Å². The Kier molecular flexibility index (Phi) is 8.39. The molecule has 1 aromatic carbocycles. The van der Waals surface area contributed by atoms with Gasteiger partial charge in [-0.3, -0.25) is 4.79 Å². The molecule has 2 N–H and O–H groups in total. The number of carbonyl (C=O) groups is 1. The molecule has 0 radical (unpaired) electrons. The predicted octanol–water partition coefficient (Wildman–Crippen LogP) is 2.55. The fraction of sp³-hybridized carbons (Fsp3) is 0.562. The van der Waals surface area contributed by atoms with Crippen molar-refractivity contribution in [3.05, 3.63) is 34.3 Å². The average Bonchev–Trinajstić information content (AvgIpc) is 2.49. The van der Waals surface area contributed by atoms with E-state index in [1.54, 1.807) is 7.11 Å². The Balaban J connectivity index is 0.00000242. The van der Waals surface area contributed by atoms with E-state index in [0.717, 1.165) is 36.0 Å². The van der Waals surface area contributed by atoms with Gasteiger partial charge >= 0.3 is 0 Å². The van der Waals surface area contributed by atoms with E-state index >= 15 is 0 Å². The van der Waals surface area contributed by atoms with Gasteiger partial charge in [-0.2, -0.15) is 0 Å². The second-order valence-electron chi connectivity index (χ2n) is 5.76. The minimum absolute atomic E-state index is 0. The van der Waals surface area contributed by atoms with Gasteiger partial charge in [-0.25, -0.2) is 0 Å². The van der Waals surface area contributed by atoms with Crippen molar-refractivity contribution in [2.45, 2.75) is 19.3 Å². The number of piperidine rings is 1. The summed E-state index contributed by atoms with van der Waals surface area (Å²) in [5.41, 5.74) is 1.11. The smallest absolute Gasteiger partial charge is 0.224 e. The Morgan fingerprint density at radius 2 is 1.95 bits per heavy atom. The SMILES string of the molecule is COCC1(CNC(=O)Cc2ccc(Br)cc2)CCNCC1.Cl. The van der Waals surface area contributed by atoms with Crippen LogP contribution in [0, 0.1) is 5.41 Å². The number of methoxy groups -OCH3 is 1. The molecule has 0 atom stereocenters. The summed E-state index contributed by atoms with van der Waals surface area (Å²) in [6, 6.07) is 7.86. The van der Waals surface area contributed by atoms with E-state index in [9.17, 15) is 4.79 Å². The molecular weight excluding hydrogens is 368 g/mol. The molecule has 1 saturated heterocycles. The standard InChI is InChI=1S/C16H23BrN2O2.ClH/c1-21-12-16(6-8-18-9-7-16)11-19-15(20)10-13-2-4-14(17)5-3-13;/h2-5,18H,6-12H2,1H3,(H,19,20);1H. The molecular formula is C16H24BrClN2O2. The van der Waals surface area contributed by atoms with Crippen LogP contribution in [0.1, 0.15) is 18.4 Å². The lowest BCUT2D eigenvalue weighted by molar-refractivity contribution is -0.121. The first kappa shape index (κ1) is 19.4. The summed E-state index contributed by atoms with van der Waals surface area (Å²) in [6.45, 7) is 3.38. The molecule has 0 aliphatic carbocycles. The summed E-state index contributed by atoms with van der Waals surface area (Å²) in [6.07, 6.45) is 2.51. The summed E-state index contributed by atoms with van der Waals surface area (Å²) < 4.78 is 6.39. The molecule has 0 saturated carbocycles. The number of hydrogen-bond donors (Lipinski definition) is 2. The summed E-state index contributed by atoms with van der Waals surface area (Å²) >= 11 is 3.40. The summed E-state index contributed by atoms with van der Waals surface area (Å²) in [7, 11) is 1.73. The van der Waals surface area contributed by atoms with Crippen molar-refractivity contribution in [2.24, 2.45) is 5.41 Å². The van der Waals surface area contributed by atoms with Crippen LogP contribution >= 0.6 is 28.3 Å². The first-order valence-electron chi connectivity index (χ1n) is 7.34. The van der Waals surface area contributed by atoms with E-state index in [1.165, 1.54) is 0 Å². The zero-order valence-corrected chi connectivity index (χ0v) is 15.3. The predicted molar refractivity (Wildman–Crippen MR) is 94.5 cm³/mol. The molecule has 124 valence electrons. The van der Waals surface area contributed by atoms with Crippen molar-refractivity contribution >= 4 is 34.2 Å². The highest BCUT2D eigenvalue weighted by molar-refractivity contribution is 9.10. The number of ether oxygens (including phenoxy) is 1. The fourth-order valence-electron chi connectivity index (χ4n) is 2.77. The average molecular weight is 392 g/mol. The van der Waals surface area contributed by atoms with Crippen molar-refractivity contribution in [1.29, 1.82) is 0 Å². The van der Waals surface area contributed by atoms with Gasteiger partial charge in [-0.15, -0.1) is 12.4 Å². The van der Waals surface area contributed by atoms with E-state index in [-0.39, 0.29) is 23.7 Å². The zero-order valence-electron chi connectivity index (χ0n) is 12.9. The summed E-state index contributed by atoms with van der Waals surface area (Å²) in [5, 5.41) is 6.44. The normalized spacial score (nSPS) is 16.6. The van der Waals surface area contributed by atoms with Gasteiger partial charge in [0, 0.05) is 23.5 Å². The lowest BCUT2D eigenvalue weighted by Gasteiger charge is -2.37. The van der Waals surface area contributed by atoms with Gasteiger partial charge in [0.15, 0.2) is 0 Å². The first-order valence-corrected chi connectivity index (χ1v) is 8.14. The second kappa shape index (κ2) is 9.50. The van der Waals surface area contributed by atoms with Crippen LogP contribution in [-0.2, 0) is 16.0 Å². The van der Waals surface area contributed by atoms with E-state index in [1.807, 2.05) is 24.3 Å². The third-order valence-corrected chi connectivity index (χ3v) is 4.58. The zero-order chi connectivity index (χ0) is 15.1. The van der Waals surface area contributed by atoms with Crippen LogP contribution < -0.4 is 10.6 Å². The van der Waals surface area contributed by atoms with Gasteiger partial charge in [-0.05, 0) is 43.6 Å². The van der Waals surface area contributed by atoms with Crippen molar-refractivity contribution in [1.82, 2.24) is 10.6 Å². The Morgan fingerprint density at radius 3 is 2.55 bits per heavy atom. The highest BCUT2D eigenvalue weighted by Crippen LogP contribution is 2.28. The lowest BCUT2D eigenvalue weighted by Crippen LogP contribution is -2.47. The van der Waals surface area contributed by atoms with Gasteiger partial charge in [-0.1, -0.05) is 28.1 Å².